The summed E-state index contributed by atoms with van der Waals surface area (Å²) in [5.41, 5.74) is 2.63. The number of nitrogens with zero attached hydrogens (tertiary/aromatic N) is 3. The Morgan fingerprint density at radius 3 is 2.56 bits per heavy atom. The molecule has 0 unspecified atom stereocenters. The first-order valence-corrected chi connectivity index (χ1v) is 8.18. The highest BCUT2D eigenvalue weighted by molar-refractivity contribution is 5.92. The third kappa shape index (κ3) is 4.07. The van der Waals surface area contributed by atoms with E-state index in [9.17, 15) is 4.79 Å². The highest BCUT2D eigenvalue weighted by Crippen LogP contribution is 2.13. The Morgan fingerprint density at radius 2 is 1.84 bits per heavy atom. The van der Waals surface area contributed by atoms with Crippen LogP contribution in [-0.4, -0.2) is 40.6 Å². The molecule has 1 heterocycles. The topological polar surface area (TPSA) is 47.4 Å². The summed E-state index contributed by atoms with van der Waals surface area (Å²) >= 11 is 0. The molecule has 0 atom stereocenters. The number of carbonyl (C=O) groups excluding carboxylic acids is 1. The average Bonchev–Trinajstić information content (AvgIpc) is 3.13. The summed E-state index contributed by atoms with van der Waals surface area (Å²) in [6.45, 7) is 2.96. The van der Waals surface area contributed by atoms with Gasteiger partial charge in [-0.15, -0.1) is 0 Å². The zero-order valence-electron chi connectivity index (χ0n) is 14.4. The molecule has 2 aromatic carbocycles. The quantitative estimate of drug-likeness (QED) is 0.694. The van der Waals surface area contributed by atoms with Gasteiger partial charge in [-0.2, -0.15) is 0 Å². The van der Waals surface area contributed by atoms with Gasteiger partial charge in [0.15, 0.2) is 0 Å². The summed E-state index contributed by atoms with van der Waals surface area (Å²) in [6, 6.07) is 17.6. The van der Waals surface area contributed by atoms with E-state index in [1.165, 1.54) is 5.56 Å². The lowest BCUT2D eigenvalue weighted by atomic mass is 10.2. The van der Waals surface area contributed by atoms with Gasteiger partial charge in [0, 0.05) is 12.7 Å². The van der Waals surface area contributed by atoms with Gasteiger partial charge < -0.3 is 9.64 Å². The van der Waals surface area contributed by atoms with Gasteiger partial charge in [-0.3, -0.25) is 9.36 Å². The van der Waals surface area contributed by atoms with Crippen molar-refractivity contribution >= 4 is 5.91 Å². The van der Waals surface area contributed by atoms with Crippen LogP contribution >= 0.6 is 0 Å². The first kappa shape index (κ1) is 16.8. The van der Waals surface area contributed by atoms with E-state index in [4.69, 9.17) is 4.74 Å². The maximum atomic E-state index is 12.7. The predicted octanol–water partition coefficient (Wildman–Crippen LogP) is 3.33. The second-order valence-electron chi connectivity index (χ2n) is 5.87. The number of carbonyl (C=O) groups is 1. The first-order chi connectivity index (χ1) is 12.1. The van der Waals surface area contributed by atoms with E-state index in [2.05, 4.69) is 4.98 Å². The predicted molar refractivity (Wildman–Crippen MR) is 97.2 cm³/mol. The SMILES string of the molecule is Cc1ccc(OCCN(C)C(=O)c2cncn2-c2ccccc2)cc1. The Kier molecular flexibility index (Phi) is 5.14. The summed E-state index contributed by atoms with van der Waals surface area (Å²) in [6.07, 6.45) is 3.24. The van der Waals surface area contributed by atoms with Gasteiger partial charge in [0.1, 0.15) is 18.1 Å². The number of hydrogen-bond acceptors (Lipinski definition) is 3. The zero-order valence-corrected chi connectivity index (χ0v) is 14.4. The lowest BCUT2D eigenvalue weighted by molar-refractivity contribution is 0.0766. The highest BCUT2D eigenvalue weighted by Gasteiger charge is 2.17. The molecule has 0 aliphatic heterocycles. The first-order valence-electron chi connectivity index (χ1n) is 8.18. The monoisotopic (exact) mass is 335 g/mol. The van der Waals surface area contributed by atoms with Crippen LogP contribution in [0.25, 0.3) is 5.69 Å². The number of ether oxygens (including phenoxy) is 1. The molecule has 0 aliphatic rings. The lowest BCUT2D eigenvalue weighted by Crippen LogP contribution is -2.32. The van der Waals surface area contributed by atoms with Gasteiger partial charge in [0.2, 0.25) is 0 Å². The lowest BCUT2D eigenvalue weighted by Gasteiger charge is -2.18. The molecule has 0 saturated heterocycles. The van der Waals surface area contributed by atoms with Gasteiger partial charge in [0.25, 0.3) is 5.91 Å². The maximum absolute atomic E-state index is 12.7. The van der Waals surface area contributed by atoms with E-state index in [0.29, 0.717) is 18.8 Å². The number of imidazole rings is 1. The van der Waals surface area contributed by atoms with Crippen LogP contribution in [0.3, 0.4) is 0 Å². The minimum Gasteiger partial charge on any atom is -0.492 e. The van der Waals surface area contributed by atoms with Crippen molar-refractivity contribution in [3.05, 3.63) is 78.4 Å². The molecule has 0 bridgehead atoms. The molecule has 0 N–H and O–H groups in total. The van der Waals surface area contributed by atoms with Crippen LogP contribution in [0.15, 0.2) is 67.1 Å². The standard InChI is InChI=1S/C20H21N3O2/c1-16-8-10-18(11-9-16)25-13-12-22(2)20(24)19-14-21-15-23(19)17-6-4-3-5-7-17/h3-11,14-15H,12-13H2,1-2H3. The van der Waals surface area contributed by atoms with Crippen molar-refractivity contribution in [2.24, 2.45) is 0 Å². The fourth-order valence-electron chi connectivity index (χ4n) is 2.48. The Balaban J connectivity index is 1.61. The van der Waals surface area contributed by atoms with E-state index >= 15 is 0 Å². The number of amides is 1. The van der Waals surface area contributed by atoms with Crippen molar-refractivity contribution in [3.8, 4) is 11.4 Å². The molecule has 1 amide bonds. The van der Waals surface area contributed by atoms with Crippen molar-refractivity contribution in [1.29, 1.82) is 0 Å². The zero-order chi connectivity index (χ0) is 17.6. The van der Waals surface area contributed by atoms with E-state index in [-0.39, 0.29) is 5.91 Å². The summed E-state index contributed by atoms with van der Waals surface area (Å²) in [5.74, 6) is 0.717. The molecule has 5 nitrogen and oxygen atoms in total. The largest absolute Gasteiger partial charge is 0.492 e. The molecule has 128 valence electrons. The maximum Gasteiger partial charge on any atom is 0.272 e. The van der Waals surface area contributed by atoms with Crippen LogP contribution in [0.5, 0.6) is 5.75 Å². The molecule has 0 spiro atoms. The molecule has 0 saturated carbocycles. The van der Waals surface area contributed by atoms with E-state index in [1.54, 1.807) is 29.0 Å². The average molecular weight is 335 g/mol. The van der Waals surface area contributed by atoms with Gasteiger partial charge in [0.05, 0.1) is 19.1 Å². The number of para-hydroxylation sites is 1. The van der Waals surface area contributed by atoms with E-state index in [1.807, 2.05) is 61.5 Å². The molecule has 0 radical (unpaired) electrons. The Bertz CT molecular complexity index is 826. The Hall–Kier alpha value is -3.08. The Morgan fingerprint density at radius 1 is 1.12 bits per heavy atom. The van der Waals surface area contributed by atoms with Crippen LogP contribution in [0.1, 0.15) is 16.1 Å². The van der Waals surface area contributed by atoms with Crippen molar-refractivity contribution in [3.63, 3.8) is 0 Å². The van der Waals surface area contributed by atoms with E-state index in [0.717, 1.165) is 11.4 Å². The van der Waals surface area contributed by atoms with Crippen molar-refractivity contribution in [1.82, 2.24) is 14.5 Å². The molecule has 25 heavy (non-hydrogen) atoms. The van der Waals surface area contributed by atoms with Gasteiger partial charge >= 0.3 is 0 Å². The van der Waals surface area contributed by atoms with Gasteiger partial charge in [-0.05, 0) is 31.2 Å². The Labute approximate surface area is 147 Å². The second kappa shape index (κ2) is 7.66. The second-order valence-corrected chi connectivity index (χ2v) is 5.87. The molecule has 3 aromatic rings. The van der Waals surface area contributed by atoms with E-state index < -0.39 is 0 Å². The van der Waals surface area contributed by atoms with Gasteiger partial charge in [-0.1, -0.05) is 35.9 Å². The normalized spacial score (nSPS) is 10.5. The minimum atomic E-state index is -0.0890. The van der Waals surface area contributed by atoms with Crippen molar-refractivity contribution in [2.75, 3.05) is 20.2 Å². The third-order valence-electron chi connectivity index (χ3n) is 3.96. The summed E-state index contributed by atoms with van der Waals surface area (Å²) in [7, 11) is 1.77. The fraction of sp³-hybridized carbons (Fsp3) is 0.200. The number of benzene rings is 2. The molecule has 5 heteroatoms. The minimum absolute atomic E-state index is 0.0890. The van der Waals surface area contributed by atoms with Crippen molar-refractivity contribution in [2.45, 2.75) is 6.92 Å². The fourth-order valence-corrected chi connectivity index (χ4v) is 2.48. The summed E-state index contributed by atoms with van der Waals surface area (Å²) in [5, 5.41) is 0. The van der Waals surface area contributed by atoms with Crippen LogP contribution in [0.4, 0.5) is 0 Å². The number of hydrogen-bond donors (Lipinski definition) is 0. The van der Waals surface area contributed by atoms with Gasteiger partial charge in [-0.25, -0.2) is 4.98 Å². The molecule has 0 aliphatic carbocycles. The molecule has 0 fully saturated rings. The molecular weight excluding hydrogens is 314 g/mol. The van der Waals surface area contributed by atoms with Crippen LogP contribution in [0.2, 0.25) is 0 Å². The number of rotatable bonds is 6. The molecule has 1 aromatic heterocycles. The highest BCUT2D eigenvalue weighted by atomic mass is 16.5. The number of likely N-dealkylation sites (N-methyl/N-ethyl adjacent to an activating group) is 1. The summed E-state index contributed by atoms with van der Waals surface area (Å²) in [4.78, 5) is 18.5. The van der Waals surface area contributed by atoms with Crippen LogP contribution < -0.4 is 4.74 Å². The smallest absolute Gasteiger partial charge is 0.272 e. The third-order valence-corrected chi connectivity index (χ3v) is 3.96. The number of aryl methyl sites for hydroxylation is 1. The summed E-state index contributed by atoms with van der Waals surface area (Å²) < 4.78 is 7.49. The molecular formula is C20H21N3O2. The van der Waals surface area contributed by atoms with Crippen LogP contribution in [-0.2, 0) is 0 Å². The molecule has 3 rings (SSSR count). The van der Waals surface area contributed by atoms with Crippen LogP contribution in [0, 0.1) is 6.92 Å². The van der Waals surface area contributed by atoms with Crippen molar-refractivity contribution < 1.29 is 9.53 Å². The number of aromatic nitrogens is 2.